The van der Waals surface area contributed by atoms with Gasteiger partial charge in [0.1, 0.15) is 0 Å². The molecule has 7 nitrogen and oxygen atoms in total. The molecule has 2 atom stereocenters. The highest BCUT2D eigenvalue weighted by molar-refractivity contribution is 7.89. The molecule has 33 heavy (non-hydrogen) atoms. The zero-order chi connectivity index (χ0) is 22.8. The number of piperidine rings is 1. The van der Waals surface area contributed by atoms with Gasteiger partial charge in [0.15, 0.2) is 0 Å². The minimum Gasteiger partial charge on any atom is -0.377 e. The SMILES string of the molecule is O=C(c1ccc(S(=O)(=O)NC[C@@H]2CCCO2)cc1)N1CCC[C@@H](c2nc3ccccc3s2)C1. The van der Waals surface area contributed by atoms with E-state index < -0.39 is 10.0 Å². The van der Waals surface area contributed by atoms with Gasteiger partial charge < -0.3 is 9.64 Å². The number of ether oxygens (including phenoxy) is 1. The summed E-state index contributed by atoms with van der Waals surface area (Å²) >= 11 is 1.70. The van der Waals surface area contributed by atoms with Crippen molar-refractivity contribution in [1.82, 2.24) is 14.6 Å². The van der Waals surface area contributed by atoms with Crippen molar-refractivity contribution in [3.8, 4) is 0 Å². The number of nitrogens with one attached hydrogen (secondary N) is 1. The molecule has 9 heteroatoms. The molecule has 0 bridgehead atoms. The van der Waals surface area contributed by atoms with E-state index in [9.17, 15) is 13.2 Å². The van der Waals surface area contributed by atoms with Crippen molar-refractivity contribution in [2.24, 2.45) is 0 Å². The fraction of sp³-hybridized carbons (Fsp3) is 0.417. The molecule has 1 N–H and O–H groups in total. The number of nitrogens with zero attached hydrogens (tertiary/aromatic N) is 2. The molecule has 2 fully saturated rings. The Labute approximate surface area is 197 Å². The Morgan fingerprint density at radius 3 is 2.70 bits per heavy atom. The van der Waals surface area contributed by atoms with Gasteiger partial charge in [0.05, 0.1) is 26.2 Å². The van der Waals surface area contributed by atoms with Gasteiger partial charge in [-0.3, -0.25) is 4.79 Å². The average molecular weight is 486 g/mol. The Morgan fingerprint density at radius 1 is 1.12 bits per heavy atom. The van der Waals surface area contributed by atoms with Crippen molar-refractivity contribution >= 4 is 37.5 Å². The molecule has 0 saturated carbocycles. The lowest BCUT2D eigenvalue weighted by molar-refractivity contribution is 0.0707. The quantitative estimate of drug-likeness (QED) is 0.574. The van der Waals surface area contributed by atoms with E-state index in [4.69, 9.17) is 9.72 Å². The van der Waals surface area contributed by atoms with Crippen LogP contribution in [0.2, 0.25) is 0 Å². The molecule has 1 aromatic heterocycles. The summed E-state index contributed by atoms with van der Waals surface area (Å²) in [6.45, 7) is 2.27. The first-order valence-corrected chi connectivity index (χ1v) is 13.7. The molecule has 0 unspecified atom stereocenters. The van der Waals surface area contributed by atoms with Crippen LogP contribution < -0.4 is 4.72 Å². The van der Waals surface area contributed by atoms with E-state index in [0.717, 1.165) is 36.2 Å². The fourth-order valence-electron chi connectivity index (χ4n) is 4.48. The first-order valence-electron chi connectivity index (χ1n) is 11.4. The fourth-order valence-corrected chi connectivity index (χ4v) is 6.64. The first kappa shape index (κ1) is 22.5. The van der Waals surface area contributed by atoms with E-state index in [2.05, 4.69) is 10.8 Å². The molecule has 174 valence electrons. The number of rotatable bonds is 6. The number of carbonyl (C=O) groups is 1. The smallest absolute Gasteiger partial charge is 0.253 e. The van der Waals surface area contributed by atoms with Crippen LogP contribution in [-0.4, -0.2) is 56.6 Å². The predicted octanol–water partition coefficient (Wildman–Crippen LogP) is 3.77. The molecule has 2 aliphatic heterocycles. The third-order valence-electron chi connectivity index (χ3n) is 6.30. The van der Waals surface area contributed by atoms with Crippen LogP contribution in [0.15, 0.2) is 53.4 Å². The van der Waals surface area contributed by atoms with Crippen molar-refractivity contribution in [3.05, 3.63) is 59.1 Å². The van der Waals surface area contributed by atoms with Crippen LogP contribution in [0.5, 0.6) is 0 Å². The van der Waals surface area contributed by atoms with Crippen LogP contribution in [-0.2, 0) is 14.8 Å². The summed E-state index contributed by atoms with van der Waals surface area (Å²) < 4.78 is 34.4. The monoisotopic (exact) mass is 485 g/mol. The highest BCUT2D eigenvalue weighted by Crippen LogP contribution is 2.33. The number of sulfonamides is 1. The third-order valence-corrected chi connectivity index (χ3v) is 8.94. The molecule has 3 aromatic rings. The maximum absolute atomic E-state index is 13.1. The van der Waals surface area contributed by atoms with Crippen LogP contribution in [0.25, 0.3) is 10.2 Å². The number of benzene rings is 2. The lowest BCUT2D eigenvalue weighted by Crippen LogP contribution is -2.39. The Morgan fingerprint density at radius 2 is 1.94 bits per heavy atom. The van der Waals surface area contributed by atoms with Crippen LogP contribution in [0.3, 0.4) is 0 Å². The standard InChI is InChI=1S/C24H27N3O4S2/c28-24(17-9-11-20(12-10-17)33(29,30)25-15-19-6-4-14-31-19)27-13-3-5-18(16-27)23-26-21-7-1-2-8-22(21)32-23/h1-2,7-12,18-19,25H,3-6,13-16H2/t18-,19+/m1/s1. The highest BCUT2D eigenvalue weighted by Gasteiger charge is 2.28. The molecule has 3 heterocycles. The normalized spacial score (nSPS) is 21.5. The van der Waals surface area contributed by atoms with Crippen LogP contribution in [0.4, 0.5) is 0 Å². The molecule has 2 saturated heterocycles. The number of hydrogen-bond acceptors (Lipinski definition) is 6. The molecule has 5 rings (SSSR count). The van der Waals surface area contributed by atoms with Crippen LogP contribution in [0, 0.1) is 0 Å². The Balaban J connectivity index is 1.25. The van der Waals surface area contributed by atoms with Gasteiger partial charge in [-0.15, -0.1) is 11.3 Å². The van der Waals surface area contributed by atoms with E-state index in [1.54, 1.807) is 23.5 Å². The number of para-hydroxylation sites is 1. The minimum atomic E-state index is -3.63. The highest BCUT2D eigenvalue weighted by atomic mass is 32.2. The van der Waals surface area contributed by atoms with Gasteiger partial charge in [-0.25, -0.2) is 18.1 Å². The van der Waals surface area contributed by atoms with Gasteiger partial charge in [0.2, 0.25) is 10.0 Å². The summed E-state index contributed by atoms with van der Waals surface area (Å²) in [5, 5.41) is 1.08. The second kappa shape index (κ2) is 9.50. The van der Waals surface area contributed by atoms with Crippen molar-refractivity contribution in [2.45, 2.75) is 42.6 Å². The zero-order valence-corrected chi connectivity index (χ0v) is 19.9. The van der Waals surface area contributed by atoms with E-state index in [0.29, 0.717) is 25.3 Å². The Hall–Kier alpha value is -2.33. The predicted molar refractivity (Wildman–Crippen MR) is 128 cm³/mol. The summed E-state index contributed by atoms with van der Waals surface area (Å²) in [7, 11) is -3.63. The average Bonchev–Trinajstić information content (AvgIpc) is 3.52. The summed E-state index contributed by atoms with van der Waals surface area (Å²) in [4.78, 5) is 19.9. The van der Waals surface area contributed by atoms with Gasteiger partial charge in [0.25, 0.3) is 5.91 Å². The van der Waals surface area contributed by atoms with Crippen LogP contribution >= 0.6 is 11.3 Å². The Kier molecular flexibility index (Phi) is 6.47. The first-order chi connectivity index (χ1) is 16.0. The van der Waals surface area contributed by atoms with Crippen molar-refractivity contribution in [2.75, 3.05) is 26.2 Å². The number of aromatic nitrogens is 1. The number of fused-ring (bicyclic) bond motifs is 1. The summed E-state index contributed by atoms with van der Waals surface area (Å²) in [6.07, 6.45) is 3.69. The summed E-state index contributed by atoms with van der Waals surface area (Å²) in [5.74, 6) is 0.152. The number of amides is 1. The summed E-state index contributed by atoms with van der Waals surface area (Å²) in [6, 6.07) is 14.3. The molecular weight excluding hydrogens is 458 g/mol. The number of thiazole rings is 1. The van der Waals surface area contributed by atoms with E-state index in [1.807, 2.05) is 23.1 Å². The lowest BCUT2D eigenvalue weighted by atomic mass is 9.98. The molecular formula is C24H27N3O4S2. The lowest BCUT2D eigenvalue weighted by Gasteiger charge is -2.32. The van der Waals surface area contributed by atoms with Crippen LogP contribution in [0.1, 0.15) is 47.0 Å². The topological polar surface area (TPSA) is 88.6 Å². The largest absolute Gasteiger partial charge is 0.377 e. The number of likely N-dealkylation sites (tertiary alicyclic amines) is 1. The van der Waals surface area contributed by atoms with E-state index in [1.165, 1.54) is 16.8 Å². The van der Waals surface area contributed by atoms with E-state index >= 15 is 0 Å². The minimum absolute atomic E-state index is 0.0666. The van der Waals surface area contributed by atoms with Gasteiger partial charge >= 0.3 is 0 Å². The second-order valence-corrected chi connectivity index (χ2v) is 11.5. The van der Waals surface area contributed by atoms with Gasteiger partial charge in [0, 0.05) is 37.7 Å². The number of carbonyl (C=O) groups excluding carboxylic acids is 1. The van der Waals surface area contributed by atoms with Gasteiger partial charge in [-0.05, 0) is 62.1 Å². The van der Waals surface area contributed by atoms with E-state index in [-0.39, 0.29) is 29.4 Å². The van der Waals surface area contributed by atoms with Crippen molar-refractivity contribution in [1.29, 1.82) is 0 Å². The third kappa shape index (κ3) is 4.96. The molecule has 2 aromatic carbocycles. The summed E-state index contributed by atoms with van der Waals surface area (Å²) in [5.41, 5.74) is 1.50. The molecule has 1 amide bonds. The molecule has 2 aliphatic rings. The Bertz CT molecular complexity index is 1200. The van der Waals surface area contributed by atoms with Crippen molar-refractivity contribution < 1.29 is 17.9 Å². The second-order valence-electron chi connectivity index (χ2n) is 8.62. The van der Waals surface area contributed by atoms with Gasteiger partial charge in [-0.2, -0.15) is 0 Å². The molecule has 0 spiro atoms. The van der Waals surface area contributed by atoms with Gasteiger partial charge in [-0.1, -0.05) is 12.1 Å². The molecule has 0 radical (unpaired) electrons. The number of hydrogen-bond donors (Lipinski definition) is 1. The maximum Gasteiger partial charge on any atom is 0.253 e. The van der Waals surface area contributed by atoms with Crippen molar-refractivity contribution in [3.63, 3.8) is 0 Å². The zero-order valence-electron chi connectivity index (χ0n) is 18.3. The molecule has 0 aliphatic carbocycles. The maximum atomic E-state index is 13.1.